The zero-order valence-electron chi connectivity index (χ0n) is 11.9. The molecule has 2 aromatic carbocycles. The van der Waals surface area contributed by atoms with E-state index >= 15 is 0 Å². The first-order valence-corrected chi connectivity index (χ1v) is 6.50. The third-order valence-electron chi connectivity index (χ3n) is 3.77. The zero-order valence-corrected chi connectivity index (χ0v) is 11.9. The van der Waals surface area contributed by atoms with Gasteiger partial charge in [0.05, 0.1) is 6.04 Å². The van der Waals surface area contributed by atoms with Crippen LogP contribution in [0.25, 0.3) is 0 Å². The molecule has 2 heteroatoms. The van der Waals surface area contributed by atoms with Crippen LogP contribution in [0.2, 0.25) is 0 Å². The van der Waals surface area contributed by atoms with Gasteiger partial charge < -0.3 is 5.73 Å². The number of hydrogen-bond acceptors (Lipinski definition) is 1. The largest absolute Gasteiger partial charge is 0.320 e. The van der Waals surface area contributed by atoms with Gasteiger partial charge in [0, 0.05) is 5.56 Å². The fraction of sp³-hybridized carbons (Fsp3) is 0.294. The fourth-order valence-electron chi connectivity index (χ4n) is 2.40. The third kappa shape index (κ3) is 2.54. The van der Waals surface area contributed by atoms with E-state index in [-0.39, 0.29) is 5.82 Å². The van der Waals surface area contributed by atoms with Crippen LogP contribution in [0.3, 0.4) is 0 Å². The Labute approximate surface area is 114 Å². The lowest BCUT2D eigenvalue weighted by atomic mass is 9.91. The molecule has 1 nitrogen and oxygen atoms in total. The molecule has 0 heterocycles. The van der Waals surface area contributed by atoms with Crippen molar-refractivity contribution in [1.82, 2.24) is 0 Å². The number of benzene rings is 2. The molecule has 2 aromatic rings. The zero-order chi connectivity index (χ0) is 14.2. The molecule has 0 bridgehead atoms. The Hall–Kier alpha value is -1.67. The Morgan fingerprint density at radius 1 is 0.842 bits per heavy atom. The Kier molecular flexibility index (Phi) is 3.72. The topological polar surface area (TPSA) is 26.0 Å². The summed E-state index contributed by atoms with van der Waals surface area (Å²) in [4.78, 5) is 0. The Morgan fingerprint density at radius 3 is 2.16 bits per heavy atom. The van der Waals surface area contributed by atoms with E-state index in [0.717, 1.165) is 11.1 Å². The second kappa shape index (κ2) is 5.14. The molecule has 0 aromatic heterocycles. The summed E-state index contributed by atoms with van der Waals surface area (Å²) >= 11 is 0. The van der Waals surface area contributed by atoms with Gasteiger partial charge >= 0.3 is 0 Å². The lowest BCUT2D eigenvalue weighted by molar-refractivity contribution is 0.590. The van der Waals surface area contributed by atoms with Crippen molar-refractivity contribution in [3.8, 4) is 0 Å². The van der Waals surface area contributed by atoms with Gasteiger partial charge in [-0.3, -0.25) is 0 Å². The maximum absolute atomic E-state index is 14.2. The lowest BCUT2D eigenvalue weighted by Crippen LogP contribution is -2.16. The van der Waals surface area contributed by atoms with Gasteiger partial charge in [0.25, 0.3) is 0 Å². The minimum atomic E-state index is -0.417. The highest BCUT2D eigenvalue weighted by Gasteiger charge is 2.17. The number of aryl methyl sites for hydroxylation is 4. The van der Waals surface area contributed by atoms with E-state index in [2.05, 4.69) is 26.0 Å². The minimum absolute atomic E-state index is 0.201. The molecular weight excluding hydrogens is 237 g/mol. The molecule has 0 fully saturated rings. The average Bonchev–Trinajstić information content (AvgIpc) is 2.36. The van der Waals surface area contributed by atoms with Crippen LogP contribution in [0.4, 0.5) is 4.39 Å². The van der Waals surface area contributed by atoms with Crippen LogP contribution in [0.1, 0.15) is 39.4 Å². The quantitative estimate of drug-likeness (QED) is 0.861. The van der Waals surface area contributed by atoms with Gasteiger partial charge in [-0.25, -0.2) is 4.39 Å². The van der Waals surface area contributed by atoms with Crippen LogP contribution in [0, 0.1) is 33.5 Å². The third-order valence-corrected chi connectivity index (χ3v) is 3.77. The van der Waals surface area contributed by atoms with E-state index in [9.17, 15) is 4.39 Å². The standard InChI is InChI=1S/C17H20FN/c1-10-6-5-7-14(16(10)18)17(19)15-9-12(3)11(2)8-13(15)4/h5-9,17H,19H2,1-4H3. The van der Waals surface area contributed by atoms with Crippen molar-refractivity contribution >= 4 is 0 Å². The van der Waals surface area contributed by atoms with Crippen molar-refractivity contribution < 1.29 is 4.39 Å². The second-order valence-corrected chi connectivity index (χ2v) is 5.25. The van der Waals surface area contributed by atoms with Gasteiger partial charge in [0.2, 0.25) is 0 Å². The summed E-state index contributed by atoms with van der Waals surface area (Å²) in [5.41, 5.74) is 12.0. The van der Waals surface area contributed by atoms with Gasteiger partial charge in [-0.1, -0.05) is 30.3 Å². The van der Waals surface area contributed by atoms with Gasteiger partial charge in [0.1, 0.15) is 5.82 Å². The van der Waals surface area contributed by atoms with Crippen molar-refractivity contribution in [1.29, 1.82) is 0 Å². The van der Waals surface area contributed by atoms with Gasteiger partial charge in [-0.15, -0.1) is 0 Å². The van der Waals surface area contributed by atoms with E-state index in [4.69, 9.17) is 5.73 Å². The molecule has 1 unspecified atom stereocenters. The Balaban J connectivity index is 2.53. The fourth-order valence-corrected chi connectivity index (χ4v) is 2.40. The molecule has 0 spiro atoms. The molecule has 0 radical (unpaired) electrons. The lowest BCUT2D eigenvalue weighted by Gasteiger charge is -2.18. The first-order chi connectivity index (χ1) is 8.91. The van der Waals surface area contributed by atoms with Crippen LogP contribution in [0.15, 0.2) is 30.3 Å². The van der Waals surface area contributed by atoms with Crippen LogP contribution in [-0.2, 0) is 0 Å². The monoisotopic (exact) mass is 257 g/mol. The molecule has 19 heavy (non-hydrogen) atoms. The number of halogens is 1. The Morgan fingerprint density at radius 2 is 1.47 bits per heavy atom. The molecule has 0 aliphatic heterocycles. The van der Waals surface area contributed by atoms with Gasteiger partial charge in [0.15, 0.2) is 0 Å². The maximum atomic E-state index is 14.2. The summed E-state index contributed by atoms with van der Waals surface area (Å²) in [5, 5.41) is 0. The molecule has 2 N–H and O–H groups in total. The molecule has 0 aliphatic rings. The summed E-state index contributed by atoms with van der Waals surface area (Å²) in [6, 6.07) is 9.14. The smallest absolute Gasteiger partial charge is 0.131 e. The van der Waals surface area contributed by atoms with E-state index in [1.165, 1.54) is 11.1 Å². The average molecular weight is 257 g/mol. The van der Waals surface area contributed by atoms with E-state index in [1.807, 2.05) is 13.0 Å². The van der Waals surface area contributed by atoms with Crippen molar-refractivity contribution in [2.75, 3.05) is 0 Å². The van der Waals surface area contributed by atoms with Crippen LogP contribution >= 0.6 is 0 Å². The summed E-state index contributed by atoms with van der Waals surface area (Å²) in [7, 11) is 0. The summed E-state index contributed by atoms with van der Waals surface area (Å²) in [6.45, 7) is 7.91. The van der Waals surface area contributed by atoms with E-state index < -0.39 is 6.04 Å². The number of rotatable bonds is 2. The van der Waals surface area contributed by atoms with Crippen LogP contribution in [0.5, 0.6) is 0 Å². The highest BCUT2D eigenvalue weighted by molar-refractivity contribution is 5.43. The predicted molar refractivity (Wildman–Crippen MR) is 77.8 cm³/mol. The predicted octanol–water partition coefficient (Wildman–Crippen LogP) is 4.11. The number of nitrogens with two attached hydrogens (primary N) is 1. The van der Waals surface area contributed by atoms with Crippen molar-refractivity contribution in [3.63, 3.8) is 0 Å². The summed E-state index contributed by atoms with van der Waals surface area (Å²) in [5.74, 6) is -0.201. The molecule has 0 saturated carbocycles. The Bertz CT molecular complexity index is 617. The molecule has 0 amide bonds. The second-order valence-electron chi connectivity index (χ2n) is 5.25. The van der Waals surface area contributed by atoms with E-state index in [1.54, 1.807) is 19.1 Å². The first kappa shape index (κ1) is 13.8. The van der Waals surface area contributed by atoms with Crippen LogP contribution in [-0.4, -0.2) is 0 Å². The highest BCUT2D eigenvalue weighted by atomic mass is 19.1. The van der Waals surface area contributed by atoms with E-state index in [0.29, 0.717) is 11.1 Å². The molecule has 2 rings (SSSR count). The molecular formula is C17H20FN. The van der Waals surface area contributed by atoms with Crippen molar-refractivity contribution in [2.45, 2.75) is 33.7 Å². The number of hydrogen-bond donors (Lipinski definition) is 1. The molecule has 0 aliphatic carbocycles. The summed E-state index contributed by atoms with van der Waals surface area (Å²) < 4.78 is 14.2. The normalized spacial score (nSPS) is 12.5. The summed E-state index contributed by atoms with van der Waals surface area (Å²) in [6.07, 6.45) is 0. The van der Waals surface area contributed by atoms with Crippen LogP contribution < -0.4 is 5.73 Å². The van der Waals surface area contributed by atoms with Gasteiger partial charge in [-0.05, 0) is 55.5 Å². The van der Waals surface area contributed by atoms with Crippen molar-refractivity contribution in [2.24, 2.45) is 5.73 Å². The highest BCUT2D eigenvalue weighted by Crippen LogP contribution is 2.27. The first-order valence-electron chi connectivity index (χ1n) is 6.50. The SMILES string of the molecule is Cc1cc(C)c(C(N)c2cccc(C)c2F)cc1C. The molecule has 0 saturated heterocycles. The molecule has 1 atom stereocenters. The minimum Gasteiger partial charge on any atom is -0.320 e. The van der Waals surface area contributed by atoms with Crippen molar-refractivity contribution in [3.05, 3.63) is 69.5 Å². The maximum Gasteiger partial charge on any atom is 0.131 e. The van der Waals surface area contributed by atoms with Gasteiger partial charge in [-0.2, -0.15) is 0 Å². The molecule has 100 valence electrons.